The maximum atomic E-state index is 12.2. The molecule has 1 heterocycles. The van der Waals surface area contributed by atoms with Crippen LogP contribution in [0.1, 0.15) is 24.5 Å². The van der Waals surface area contributed by atoms with Crippen molar-refractivity contribution >= 4 is 17.6 Å². The highest BCUT2D eigenvalue weighted by Crippen LogP contribution is 2.34. The smallest absolute Gasteiger partial charge is 0.310 e. The lowest BCUT2D eigenvalue weighted by atomic mass is 10.1. The third kappa shape index (κ3) is 4.94. The molecule has 2 aromatic rings. The van der Waals surface area contributed by atoms with Crippen LogP contribution < -0.4 is 19.5 Å². The Labute approximate surface area is 163 Å². The van der Waals surface area contributed by atoms with Gasteiger partial charge in [-0.25, -0.2) is 0 Å². The fraction of sp³-hybridized carbons (Fsp3) is 0.333. The van der Waals surface area contributed by atoms with E-state index < -0.39 is 18.0 Å². The molecule has 1 N–H and O–H groups in total. The van der Waals surface area contributed by atoms with Crippen molar-refractivity contribution < 1.29 is 28.5 Å². The molecule has 3 rings (SSSR count). The first kappa shape index (κ1) is 19.5. The van der Waals surface area contributed by atoms with Gasteiger partial charge in [0.1, 0.15) is 5.75 Å². The Kier molecular flexibility index (Phi) is 6.03. The summed E-state index contributed by atoms with van der Waals surface area (Å²) in [5.74, 6) is 0.995. The monoisotopic (exact) mass is 385 g/mol. The lowest BCUT2D eigenvalue weighted by Crippen LogP contribution is -2.30. The Bertz CT molecular complexity index is 879. The lowest BCUT2D eigenvalue weighted by molar-refractivity contribution is -0.153. The van der Waals surface area contributed by atoms with Crippen LogP contribution in [0.4, 0.5) is 5.69 Å². The molecule has 148 valence electrons. The van der Waals surface area contributed by atoms with Crippen molar-refractivity contribution in [3.05, 3.63) is 47.5 Å². The largest absolute Gasteiger partial charge is 0.493 e. The van der Waals surface area contributed by atoms with Crippen LogP contribution in [-0.2, 0) is 14.3 Å². The van der Waals surface area contributed by atoms with Crippen LogP contribution in [0.2, 0.25) is 0 Å². The Balaban J connectivity index is 1.44. The van der Waals surface area contributed by atoms with E-state index in [2.05, 4.69) is 5.32 Å². The van der Waals surface area contributed by atoms with Crippen molar-refractivity contribution in [2.75, 3.05) is 18.7 Å². The standard InChI is InChI=1S/C21H23NO6/c1-13-4-5-14(2)18(10-13)25-9-8-20(23)28-15(3)21(24)22-16-6-7-17-19(11-16)27-12-26-17/h4-7,10-11,15H,8-9,12H2,1-3H3,(H,22,24). The van der Waals surface area contributed by atoms with E-state index in [1.165, 1.54) is 6.92 Å². The zero-order valence-electron chi connectivity index (χ0n) is 16.1. The number of rotatable bonds is 7. The van der Waals surface area contributed by atoms with Crippen molar-refractivity contribution in [2.45, 2.75) is 33.3 Å². The van der Waals surface area contributed by atoms with Crippen LogP contribution in [0.3, 0.4) is 0 Å². The molecule has 2 aromatic carbocycles. The number of benzene rings is 2. The molecule has 0 spiro atoms. The highest BCUT2D eigenvalue weighted by atomic mass is 16.7. The molecule has 1 aliphatic heterocycles. The lowest BCUT2D eigenvalue weighted by Gasteiger charge is -2.14. The van der Waals surface area contributed by atoms with Gasteiger partial charge in [0.05, 0.1) is 13.0 Å². The highest BCUT2D eigenvalue weighted by Gasteiger charge is 2.20. The van der Waals surface area contributed by atoms with Gasteiger partial charge in [-0.3, -0.25) is 9.59 Å². The van der Waals surface area contributed by atoms with E-state index in [0.29, 0.717) is 17.2 Å². The van der Waals surface area contributed by atoms with Gasteiger partial charge in [-0.2, -0.15) is 0 Å². The normalized spacial score (nSPS) is 13.0. The molecule has 0 aromatic heterocycles. The number of amides is 1. The molecule has 1 atom stereocenters. The number of anilines is 1. The second kappa shape index (κ2) is 8.65. The topological polar surface area (TPSA) is 83.1 Å². The van der Waals surface area contributed by atoms with E-state index in [1.807, 2.05) is 32.0 Å². The van der Waals surface area contributed by atoms with Crippen molar-refractivity contribution in [1.82, 2.24) is 0 Å². The van der Waals surface area contributed by atoms with Crippen molar-refractivity contribution in [3.8, 4) is 17.2 Å². The molecule has 0 bridgehead atoms. The summed E-state index contributed by atoms with van der Waals surface area (Å²) in [6.07, 6.45) is -0.881. The summed E-state index contributed by atoms with van der Waals surface area (Å²) in [5.41, 5.74) is 2.61. The molecule has 1 unspecified atom stereocenters. The molecule has 28 heavy (non-hydrogen) atoms. The van der Waals surface area contributed by atoms with Gasteiger partial charge in [-0.1, -0.05) is 12.1 Å². The average molecular weight is 385 g/mol. The first-order valence-corrected chi connectivity index (χ1v) is 9.02. The minimum Gasteiger partial charge on any atom is -0.493 e. The Hall–Kier alpha value is -3.22. The third-order valence-corrected chi connectivity index (χ3v) is 4.22. The second-order valence-electron chi connectivity index (χ2n) is 6.56. The maximum absolute atomic E-state index is 12.2. The molecule has 1 amide bonds. The minimum absolute atomic E-state index is 0.0506. The number of esters is 1. The quantitative estimate of drug-likeness (QED) is 0.736. The number of carbonyl (C=O) groups is 2. The number of aryl methyl sites for hydroxylation is 2. The molecule has 0 aliphatic carbocycles. The van der Waals surface area contributed by atoms with Crippen LogP contribution in [0.25, 0.3) is 0 Å². The van der Waals surface area contributed by atoms with Gasteiger partial charge >= 0.3 is 5.97 Å². The molecule has 0 radical (unpaired) electrons. The summed E-state index contributed by atoms with van der Waals surface area (Å²) in [5, 5.41) is 2.69. The van der Waals surface area contributed by atoms with E-state index >= 15 is 0 Å². The predicted molar refractivity (Wildman–Crippen MR) is 103 cm³/mol. The first-order chi connectivity index (χ1) is 13.4. The molecule has 7 heteroatoms. The van der Waals surface area contributed by atoms with Gasteiger partial charge in [0.25, 0.3) is 5.91 Å². The van der Waals surface area contributed by atoms with Crippen LogP contribution in [0, 0.1) is 13.8 Å². The Morgan fingerprint density at radius 3 is 2.71 bits per heavy atom. The summed E-state index contributed by atoms with van der Waals surface area (Å²) >= 11 is 0. The highest BCUT2D eigenvalue weighted by molar-refractivity contribution is 5.95. The molecular weight excluding hydrogens is 362 g/mol. The van der Waals surface area contributed by atoms with Crippen LogP contribution in [-0.4, -0.2) is 31.4 Å². The molecule has 7 nitrogen and oxygen atoms in total. The van der Waals surface area contributed by atoms with Gasteiger partial charge in [0.15, 0.2) is 17.6 Å². The maximum Gasteiger partial charge on any atom is 0.310 e. The van der Waals surface area contributed by atoms with E-state index in [4.69, 9.17) is 18.9 Å². The summed E-state index contributed by atoms with van der Waals surface area (Å²) in [4.78, 5) is 24.2. The summed E-state index contributed by atoms with van der Waals surface area (Å²) in [6, 6.07) is 10.9. The zero-order valence-corrected chi connectivity index (χ0v) is 16.1. The van der Waals surface area contributed by atoms with Crippen LogP contribution >= 0.6 is 0 Å². The van der Waals surface area contributed by atoms with Gasteiger partial charge in [-0.15, -0.1) is 0 Å². The van der Waals surface area contributed by atoms with E-state index in [9.17, 15) is 9.59 Å². The summed E-state index contributed by atoms with van der Waals surface area (Å²) in [6.45, 7) is 5.77. The summed E-state index contributed by atoms with van der Waals surface area (Å²) in [7, 11) is 0. The fourth-order valence-electron chi connectivity index (χ4n) is 2.63. The van der Waals surface area contributed by atoms with E-state index in [1.54, 1.807) is 18.2 Å². The summed E-state index contributed by atoms with van der Waals surface area (Å²) < 4.78 is 21.3. The molecule has 1 aliphatic rings. The molecule has 0 fully saturated rings. The van der Waals surface area contributed by atoms with Crippen LogP contribution in [0.15, 0.2) is 36.4 Å². The van der Waals surface area contributed by atoms with Crippen molar-refractivity contribution in [3.63, 3.8) is 0 Å². The van der Waals surface area contributed by atoms with Gasteiger partial charge in [-0.05, 0) is 50.1 Å². The van der Waals surface area contributed by atoms with Gasteiger partial charge in [0.2, 0.25) is 6.79 Å². The fourth-order valence-corrected chi connectivity index (χ4v) is 2.63. The Morgan fingerprint density at radius 2 is 1.89 bits per heavy atom. The molecule has 0 saturated heterocycles. The van der Waals surface area contributed by atoms with Crippen molar-refractivity contribution in [2.24, 2.45) is 0 Å². The number of ether oxygens (including phenoxy) is 4. The minimum atomic E-state index is -0.932. The molecule has 0 saturated carbocycles. The molecular formula is C21H23NO6. The number of hydrogen-bond acceptors (Lipinski definition) is 6. The number of nitrogens with one attached hydrogen (secondary N) is 1. The second-order valence-corrected chi connectivity index (χ2v) is 6.56. The van der Waals surface area contributed by atoms with E-state index in [0.717, 1.165) is 16.9 Å². The van der Waals surface area contributed by atoms with Crippen LogP contribution in [0.5, 0.6) is 17.2 Å². The SMILES string of the molecule is Cc1ccc(C)c(OCCC(=O)OC(C)C(=O)Nc2ccc3c(c2)OCO3)c1. The number of carbonyl (C=O) groups excluding carboxylic acids is 2. The number of fused-ring (bicyclic) bond motifs is 1. The van der Waals surface area contributed by atoms with Gasteiger partial charge in [0, 0.05) is 11.8 Å². The predicted octanol–water partition coefficient (Wildman–Crippen LogP) is 3.37. The average Bonchev–Trinajstić information content (AvgIpc) is 3.12. The van der Waals surface area contributed by atoms with Gasteiger partial charge < -0.3 is 24.3 Å². The third-order valence-electron chi connectivity index (χ3n) is 4.22. The Morgan fingerprint density at radius 1 is 1.11 bits per heavy atom. The number of hydrogen-bond donors (Lipinski definition) is 1. The first-order valence-electron chi connectivity index (χ1n) is 9.02. The van der Waals surface area contributed by atoms with Crippen molar-refractivity contribution in [1.29, 1.82) is 0 Å². The van der Waals surface area contributed by atoms with E-state index in [-0.39, 0.29) is 19.8 Å². The zero-order chi connectivity index (χ0) is 20.1.